The van der Waals surface area contributed by atoms with Gasteiger partial charge in [-0.2, -0.15) is 0 Å². The normalized spacial score (nSPS) is 21.4. The maximum Gasteiger partial charge on any atom is 0.220 e. The number of aromatic nitrogens is 1. The molecule has 2 aliphatic rings. The first-order chi connectivity index (χ1) is 15.7. The fourth-order valence-electron chi connectivity index (χ4n) is 5.44. The lowest BCUT2D eigenvalue weighted by Crippen LogP contribution is -2.44. The van der Waals surface area contributed by atoms with Gasteiger partial charge in [0.25, 0.3) is 0 Å². The molecule has 2 aromatic rings. The molecule has 4 nitrogen and oxygen atoms in total. The molecule has 1 aromatic carbocycles. The molecule has 1 aliphatic carbocycles. The molecule has 32 heavy (non-hydrogen) atoms. The first-order valence-corrected chi connectivity index (χ1v) is 12.3. The molecule has 1 amide bonds. The van der Waals surface area contributed by atoms with Crippen LogP contribution in [0.5, 0.6) is 0 Å². The first kappa shape index (κ1) is 22.7. The second-order valence-electron chi connectivity index (χ2n) is 9.69. The number of rotatable bonds is 8. The second-order valence-corrected chi connectivity index (χ2v) is 9.69. The summed E-state index contributed by atoms with van der Waals surface area (Å²) in [7, 11) is 0. The van der Waals surface area contributed by atoms with Crippen LogP contribution >= 0.6 is 0 Å². The van der Waals surface area contributed by atoms with E-state index in [9.17, 15) is 4.79 Å². The van der Waals surface area contributed by atoms with Crippen molar-refractivity contribution in [2.45, 2.75) is 57.9 Å². The van der Waals surface area contributed by atoms with Crippen molar-refractivity contribution in [1.82, 2.24) is 15.2 Å². The van der Waals surface area contributed by atoms with Crippen LogP contribution in [0, 0.1) is 11.8 Å². The molecule has 4 rings (SSSR count). The van der Waals surface area contributed by atoms with Gasteiger partial charge in [0.15, 0.2) is 0 Å². The average Bonchev–Trinajstić information content (AvgIpc) is 3.32. The van der Waals surface area contributed by atoms with Crippen LogP contribution in [-0.2, 0) is 4.79 Å². The van der Waals surface area contributed by atoms with Gasteiger partial charge in [-0.1, -0.05) is 60.9 Å². The largest absolute Gasteiger partial charge is 0.347 e. The highest BCUT2D eigenvalue weighted by Crippen LogP contribution is 2.31. The van der Waals surface area contributed by atoms with E-state index in [-0.39, 0.29) is 11.9 Å². The minimum atomic E-state index is -0.00804. The van der Waals surface area contributed by atoms with E-state index < -0.39 is 0 Å². The Labute approximate surface area is 193 Å². The van der Waals surface area contributed by atoms with Crippen LogP contribution in [0.25, 0.3) is 6.08 Å². The standard InChI is InChI=1S/C28H37N3O/c1-22(18-23-10-3-2-4-11-23)20-31-17-9-14-25(21-31)28(26-15-7-8-16-29-26)30-27(32)19-24-12-5-6-13-24/h2-4,7-8,10-11,15-16,18,24-25,28H,5-6,9,12-14,17,19-21H2,1H3,(H,30,32)/b22-18+/t25-,28-/m1/s1. The van der Waals surface area contributed by atoms with Gasteiger partial charge in [0, 0.05) is 25.7 Å². The molecule has 0 spiro atoms. The summed E-state index contributed by atoms with van der Waals surface area (Å²) in [5.41, 5.74) is 3.62. The molecule has 1 saturated carbocycles. The van der Waals surface area contributed by atoms with Crippen molar-refractivity contribution in [1.29, 1.82) is 0 Å². The van der Waals surface area contributed by atoms with E-state index in [1.165, 1.54) is 36.8 Å². The third kappa shape index (κ3) is 6.52. The van der Waals surface area contributed by atoms with E-state index in [1.807, 2.05) is 18.3 Å². The highest BCUT2D eigenvalue weighted by Gasteiger charge is 2.31. The van der Waals surface area contributed by atoms with Crippen molar-refractivity contribution < 1.29 is 4.79 Å². The Morgan fingerprint density at radius 3 is 2.62 bits per heavy atom. The van der Waals surface area contributed by atoms with Gasteiger partial charge in [0.1, 0.15) is 0 Å². The summed E-state index contributed by atoms with van der Waals surface area (Å²) in [6, 6.07) is 16.6. The lowest BCUT2D eigenvalue weighted by molar-refractivity contribution is -0.123. The minimum Gasteiger partial charge on any atom is -0.347 e. The molecule has 4 heteroatoms. The number of hydrogen-bond acceptors (Lipinski definition) is 3. The number of benzene rings is 1. The number of likely N-dealkylation sites (tertiary alicyclic amines) is 1. The summed E-state index contributed by atoms with van der Waals surface area (Å²) in [5, 5.41) is 3.40. The van der Waals surface area contributed by atoms with Crippen LogP contribution in [0.4, 0.5) is 0 Å². The Kier molecular flexibility index (Phi) is 8.11. The van der Waals surface area contributed by atoms with Gasteiger partial charge < -0.3 is 5.32 Å². The molecular weight excluding hydrogens is 394 g/mol. The predicted octanol–water partition coefficient (Wildman–Crippen LogP) is 5.63. The number of carbonyl (C=O) groups excluding carboxylic acids is 1. The number of nitrogens with zero attached hydrogens (tertiary/aromatic N) is 2. The van der Waals surface area contributed by atoms with Gasteiger partial charge >= 0.3 is 0 Å². The summed E-state index contributed by atoms with van der Waals surface area (Å²) in [6.45, 7) is 5.29. The number of piperidine rings is 1. The molecule has 2 heterocycles. The maximum atomic E-state index is 12.9. The SMILES string of the molecule is C/C(=C\c1ccccc1)CN1CCC[C@@H]([C@@H](NC(=O)CC2CCCC2)c2ccccn2)C1. The maximum absolute atomic E-state index is 12.9. The van der Waals surface area contributed by atoms with Gasteiger partial charge in [-0.15, -0.1) is 0 Å². The Morgan fingerprint density at radius 1 is 1.09 bits per heavy atom. The van der Waals surface area contributed by atoms with E-state index in [2.05, 4.69) is 64.6 Å². The van der Waals surface area contributed by atoms with E-state index >= 15 is 0 Å². The van der Waals surface area contributed by atoms with E-state index in [4.69, 9.17) is 0 Å². The van der Waals surface area contributed by atoms with Crippen molar-refractivity contribution in [3.05, 3.63) is 71.6 Å². The number of amides is 1. The Hall–Kier alpha value is -2.46. The fourth-order valence-corrected chi connectivity index (χ4v) is 5.44. The van der Waals surface area contributed by atoms with Gasteiger partial charge in [-0.25, -0.2) is 0 Å². The van der Waals surface area contributed by atoms with Crippen LogP contribution in [0.15, 0.2) is 60.3 Å². The van der Waals surface area contributed by atoms with Crippen molar-refractivity contribution >= 4 is 12.0 Å². The molecule has 0 unspecified atom stereocenters. The Balaban J connectivity index is 1.42. The third-order valence-electron chi connectivity index (χ3n) is 6.97. The number of carbonyl (C=O) groups is 1. The monoisotopic (exact) mass is 431 g/mol. The van der Waals surface area contributed by atoms with Crippen LogP contribution in [0.1, 0.15) is 69.2 Å². The highest BCUT2D eigenvalue weighted by atomic mass is 16.1. The molecule has 1 aromatic heterocycles. The summed E-state index contributed by atoms with van der Waals surface area (Å²) in [5.74, 6) is 1.15. The van der Waals surface area contributed by atoms with Gasteiger partial charge in [0.05, 0.1) is 11.7 Å². The average molecular weight is 432 g/mol. The zero-order valence-corrected chi connectivity index (χ0v) is 19.4. The van der Waals surface area contributed by atoms with E-state index in [0.29, 0.717) is 18.3 Å². The van der Waals surface area contributed by atoms with Crippen molar-refractivity contribution in [2.75, 3.05) is 19.6 Å². The number of hydrogen-bond donors (Lipinski definition) is 1. The van der Waals surface area contributed by atoms with Gasteiger partial charge in [-0.05, 0) is 68.7 Å². The van der Waals surface area contributed by atoms with Crippen molar-refractivity contribution in [3.63, 3.8) is 0 Å². The Morgan fingerprint density at radius 2 is 1.88 bits per heavy atom. The smallest absolute Gasteiger partial charge is 0.220 e. The Bertz CT molecular complexity index is 874. The highest BCUT2D eigenvalue weighted by molar-refractivity contribution is 5.76. The molecule has 2 atom stereocenters. The zero-order chi connectivity index (χ0) is 22.2. The van der Waals surface area contributed by atoms with Crippen LogP contribution < -0.4 is 5.32 Å². The van der Waals surface area contributed by atoms with Crippen LogP contribution in [0.3, 0.4) is 0 Å². The predicted molar refractivity (Wildman–Crippen MR) is 131 cm³/mol. The summed E-state index contributed by atoms with van der Waals surface area (Å²) >= 11 is 0. The third-order valence-corrected chi connectivity index (χ3v) is 6.97. The lowest BCUT2D eigenvalue weighted by atomic mass is 9.87. The number of nitrogens with one attached hydrogen (secondary N) is 1. The molecule has 2 fully saturated rings. The van der Waals surface area contributed by atoms with Crippen molar-refractivity contribution in [2.24, 2.45) is 11.8 Å². The molecule has 0 bridgehead atoms. The van der Waals surface area contributed by atoms with E-state index in [0.717, 1.165) is 38.2 Å². The summed E-state index contributed by atoms with van der Waals surface area (Å²) in [4.78, 5) is 20.1. The van der Waals surface area contributed by atoms with Crippen LogP contribution in [-0.4, -0.2) is 35.4 Å². The van der Waals surface area contributed by atoms with Gasteiger partial charge in [-0.3, -0.25) is 14.7 Å². The fraction of sp³-hybridized carbons (Fsp3) is 0.500. The quantitative estimate of drug-likeness (QED) is 0.589. The van der Waals surface area contributed by atoms with E-state index in [1.54, 1.807) is 0 Å². The van der Waals surface area contributed by atoms with Crippen molar-refractivity contribution in [3.8, 4) is 0 Å². The number of pyridine rings is 1. The molecule has 170 valence electrons. The molecule has 1 aliphatic heterocycles. The summed E-state index contributed by atoms with van der Waals surface area (Å²) in [6.07, 6.45) is 12.0. The molecule has 1 saturated heterocycles. The topological polar surface area (TPSA) is 45.2 Å². The zero-order valence-electron chi connectivity index (χ0n) is 19.4. The second kappa shape index (κ2) is 11.4. The first-order valence-electron chi connectivity index (χ1n) is 12.3. The van der Waals surface area contributed by atoms with Gasteiger partial charge in [0.2, 0.25) is 5.91 Å². The summed E-state index contributed by atoms with van der Waals surface area (Å²) < 4.78 is 0. The molecule has 1 N–H and O–H groups in total. The van der Waals surface area contributed by atoms with Crippen LogP contribution in [0.2, 0.25) is 0 Å². The molecular formula is C28H37N3O. The lowest BCUT2D eigenvalue weighted by Gasteiger charge is -2.37. The minimum absolute atomic E-state index is 0.00804. The molecule has 0 radical (unpaired) electrons.